The van der Waals surface area contributed by atoms with Crippen LogP contribution in [-0.4, -0.2) is 42.1 Å². The van der Waals surface area contributed by atoms with E-state index >= 15 is 0 Å². The van der Waals surface area contributed by atoms with Crippen molar-refractivity contribution in [1.29, 1.82) is 0 Å². The van der Waals surface area contributed by atoms with Crippen molar-refractivity contribution in [3.05, 3.63) is 35.9 Å². The number of rotatable bonds is 6. The summed E-state index contributed by atoms with van der Waals surface area (Å²) in [6.07, 6.45) is 2.15. The topological polar surface area (TPSA) is 56.8 Å². The van der Waals surface area contributed by atoms with Crippen molar-refractivity contribution in [3.8, 4) is 0 Å². The molecule has 1 aliphatic carbocycles. The third-order valence-corrected chi connectivity index (χ3v) is 6.24. The predicted octanol–water partition coefficient (Wildman–Crippen LogP) is 3.97. The number of alkyl carbamates (subject to hydrolysis) is 1. The number of carbonyl (C=O) groups is 1. The van der Waals surface area contributed by atoms with Crippen LogP contribution in [0, 0.1) is 5.92 Å². The number of ether oxygens (including phenoxy) is 3. The van der Waals surface area contributed by atoms with Gasteiger partial charge in [0.2, 0.25) is 0 Å². The van der Waals surface area contributed by atoms with Crippen LogP contribution in [0.4, 0.5) is 4.79 Å². The Kier molecular flexibility index (Phi) is 6.84. The molecule has 0 bridgehead atoms. The molecule has 26 heavy (non-hydrogen) atoms. The van der Waals surface area contributed by atoms with E-state index in [-0.39, 0.29) is 12.1 Å². The van der Waals surface area contributed by atoms with E-state index in [1.165, 1.54) is 0 Å². The zero-order valence-corrected chi connectivity index (χ0v) is 16.4. The fourth-order valence-corrected chi connectivity index (χ4v) is 4.59. The molecule has 1 amide bonds. The Balaban J connectivity index is 1.54. The van der Waals surface area contributed by atoms with Crippen LogP contribution in [-0.2, 0) is 20.8 Å². The van der Waals surface area contributed by atoms with Gasteiger partial charge >= 0.3 is 6.09 Å². The number of hydrogen-bond acceptors (Lipinski definition) is 5. The van der Waals surface area contributed by atoms with Gasteiger partial charge < -0.3 is 19.5 Å². The highest BCUT2D eigenvalue weighted by atomic mass is 32.2. The summed E-state index contributed by atoms with van der Waals surface area (Å²) in [5.74, 6) is 0.864. The van der Waals surface area contributed by atoms with E-state index < -0.39 is 5.79 Å². The van der Waals surface area contributed by atoms with Gasteiger partial charge in [0, 0.05) is 18.9 Å². The largest absolute Gasteiger partial charge is 0.445 e. The third-order valence-electron chi connectivity index (χ3n) is 4.95. The van der Waals surface area contributed by atoms with Gasteiger partial charge in [-0.05, 0) is 28.9 Å². The van der Waals surface area contributed by atoms with Crippen LogP contribution >= 0.6 is 11.8 Å². The second-order valence-electron chi connectivity index (χ2n) is 7.31. The molecule has 1 aliphatic heterocycles. The van der Waals surface area contributed by atoms with E-state index in [2.05, 4.69) is 19.2 Å². The SMILES string of the molecule is CC(C)SC[C@@H]1CC2(CC[C@@H]1NC(=O)OCc1ccccc1)OCCO2. The average Bonchev–Trinajstić information content (AvgIpc) is 3.09. The molecule has 2 fully saturated rings. The summed E-state index contributed by atoms with van der Waals surface area (Å²) < 4.78 is 17.2. The average molecular weight is 380 g/mol. The van der Waals surface area contributed by atoms with Crippen LogP contribution in [0.3, 0.4) is 0 Å². The van der Waals surface area contributed by atoms with Crippen LogP contribution in [0.2, 0.25) is 0 Å². The second-order valence-corrected chi connectivity index (χ2v) is 8.91. The summed E-state index contributed by atoms with van der Waals surface area (Å²) in [5, 5.41) is 3.64. The lowest BCUT2D eigenvalue weighted by atomic mass is 9.81. The second kappa shape index (κ2) is 9.11. The zero-order valence-electron chi connectivity index (χ0n) is 15.6. The highest BCUT2D eigenvalue weighted by molar-refractivity contribution is 7.99. The van der Waals surface area contributed by atoms with Crippen LogP contribution in [0.5, 0.6) is 0 Å². The molecule has 5 nitrogen and oxygen atoms in total. The molecule has 3 rings (SSSR count). The Morgan fingerprint density at radius 2 is 2.04 bits per heavy atom. The maximum atomic E-state index is 12.3. The molecule has 1 saturated heterocycles. The summed E-state index contributed by atoms with van der Waals surface area (Å²) in [4.78, 5) is 12.3. The molecule has 1 saturated carbocycles. The maximum Gasteiger partial charge on any atom is 0.407 e. The first-order chi connectivity index (χ1) is 12.6. The molecule has 1 heterocycles. The minimum Gasteiger partial charge on any atom is -0.445 e. The third kappa shape index (κ3) is 5.38. The molecular formula is C20H29NO4S. The van der Waals surface area contributed by atoms with Crippen LogP contribution < -0.4 is 5.32 Å². The first-order valence-electron chi connectivity index (χ1n) is 9.43. The molecule has 144 valence electrons. The number of carbonyl (C=O) groups excluding carboxylic acids is 1. The summed E-state index contributed by atoms with van der Waals surface area (Å²) >= 11 is 1.92. The highest BCUT2D eigenvalue weighted by Crippen LogP contribution is 2.40. The standard InChI is InChI=1S/C20H29NO4S/c1-15(2)26-14-17-12-20(24-10-11-25-20)9-8-18(17)21-19(22)23-13-16-6-4-3-5-7-16/h3-7,15,17-18H,8-14H2,1-2H3,(H,21,22)/t17-,18-/m0/s1. The molecular weight excluding hydrogens is 350 g/mol. The molecule has 0 unspecified atom stereocenters. The fourth-order valence-electron chi connectivity index (χ4n) is 3.61. The van der Waals surface area contributed by atoms with Gasteiger partial charge in [0.05, 0.1) is 13.2 Å². The van der Waals surface area contributed by atoms with Crippen molar-refractivity contribution in [1.82, 2.24) is 5.32 Å². The number of benzene rings is 1. The van der Waals surface area contributed by atoms with Crippen molar-refractivity contribution < 1.29 is 19.0 Å². The number of thioether (sulfide) groups is 1. The number of hydrogen-bond donors (Lipinski definition) is 1. The first kappa shape index (κ1) is 19.5. The van der Waals surface area contributed by atoms with Crippen LogP contribution in [0.25, 0.3) is 0 Å². The zero-order chi connectivity index (χ0) is 18.4. The smallest absolute Gasteiger partial charge is 0.407 e. The van der Waals surface area contributed by atoms with Crippen molar-refractivity contribution in [2.75, 3.05) is 19.0 Å². The predicted molar refractivity (Wildman–Crippen MR) is 103 cm³/mol. The van der Waals surface area contributed by atoms with Gasteiger partial charge in [0.15, 0.2) is 5.79 Å². The van der Waals surface area contributed by atoms with Gasteiger partial charge in [0.25, 0.3) is 0 Å². The van der Waals surface area contributed by atoms with Crippen molar-refractivity contribution in [3.63, 3.8) is 0 Å². The van der Waals surface area contributed by atoms with Gasteiger partial charge in [-0.3, -0.25) is 0 Å². The van der Waals surface area contributed by atoms with E-state index in [1.807, 2.05) is 42.1 Å². The van der Waals surface area contributed by atoms with Crippen molar-refractivity contribution in [2.24, 2.45) is 5.92 Å². The van der Waals surface area contributed by atoms with Crippen LogP contribution in [0.1, 0.15) is 38.7 Å². The van der Waals surface area contributed by atoms with Crippen LogP contribution in [0.15, 0.2) is 30.3 Å². The van der Waals surface area contributed by atoms with Gasteiger partial charge in [-0.25, -0.2) is 4.79 Å². The lowest BCUT2D eigenvalue weighted by Gasteiger charge is -2.41. The van der Waals surface area contributed by atoms with Gasteiger partial charge in [-0.1, -0.05) is 44.2 Å². The first-order valence-corrected chi connectivity index (χ1v) is 10.5. The lowest BCUT2D eigenvalue weighted by molar-refractivity contribution is -0.188. The molecule has 1 N–H and O–H groups in total. The Labute approximate surface area is 160 Å². The van der Waals surface area contributed by atoms with Gasteiger partial charge in [0.1, 0.15) is 6.61 Å². The Bertz CT molecular complexity index is 574. The quantitative estimate of drug-likeness (QED) is 0.811. The maximum absolute atomic E-state index is 12.3. The van der Waals surface area contributed by atoms with E-state index in [0.717, 1.165) is 30.6 Å². The van der Waals surface area contributed by atoms with Gasteiger partial charge in [-0.15, -0.1) is 0 Å². The molecule has 1 aromatic carbocycles. The summed E-state index contributed by atoms with van der Waals surface area (Å²) in [6.45, 7) is 6.02. The molecule has 0 radical (unpaired) electrons. The van der Waals surface area contributed by atoms with E-state index in [1.54, 1.807) is 0 Å². The fraction of sp³-hybridized carbons (Fsp3) is 0.650. The van der Waals surface area contributed by atoms with E-state index in [4.69, 9.17) is 14.2 Å². The molecule has 1 aromatic rings. The monoisotopic (exact) mass is 379 g/mol. The molecule has 2 atom stereocenters. The minimum absolute atomic E-state index is 0.1000. The number of amides is 1. The van der Waals surface area contributed by atoms with Crippen molar-refractivity contribution in [2.45, 2.75) is 56.8 Å². The Morgan fingerprint density at radius 3 is 2.73 bits per heavy atom. The molecule has 2 aliphatic rings. The normalized spacial score (nSPS) is 24.7. The van der Waals surface area contributed by atoms with Crippen molar-refractivity contribution >= 4 is 17.9 Å². The van der Waals surface area contributed by atoms with Gasteiger partial charge in [-0.2, -0.15) is 11.8 Å². The minimum atomic E-state index is -0.436. The number of nitrogens with one attached hydrogen (secondary N) is 1. The van der Waals surface area contributed by atoms with E-state index in [9.17, 15) is 4.79 Å². The molecule has 6 heteroatoms. The summed E-state index contributed by atoms with van der Waals surface area (Å²) in [7, 11) is 0. The Hall–Kier alpha value is -1.24. The highest BCUT2D eigenvalue weighted by Gasteiger charge is 2.45. The Morgan fingerprint density at radius 1 is 1.31 bits per heavy atom. The summed E-state index contributed by atoms with van der Waals surface area (Å²) in [5.41, 5.74) is 0.991. The molecule has 1 spiro atoms. The molecule has 0 aromatic heterocycles. The summed E-state index contributed by atoms with van der Waals surface area (Å²) in [6, 6.07) is 9.84. The lowest BCUT2D eigenvalue weighted by Crippen LogP contribution is -2.50. The van der Waals surface area contributed by atoms with E-state index in [0.29, 0.717) is 31.0 Å².